The molecule has 0 aromatic heterocycles. The molecular weight excluding hydrogens is 238 g/mol. The Labute approximate surface area is 101 Å². The number of thioether (sulfide) groups is 1. The summed E-state index contributed by atoms with van der Waals surface area (Å²) >= 11 is 0.891. The van der Waals surface area contributed by atoms with Gasteiger partial charge in [-0.2, -0.15) is 5.26 Å². The SMILES string of the molecule is N#CSc1ccc(N)c2cccc([N+](=O)[O-])c12. The third-order valence-corrected chi connectivity index (χ3v) is 3.02. The summed E-state index contributed by atoms with van der Waals surface area (Å²) in [4.78, 5) is 11.0. The highest BCUT2D eigenvalue weighted by atomic mass is 32.2. The Morgan fingerprint density at radius 3 is 2.76 bits per heavy atom. The molecule has 2 aromatic rings. The zero-order valence-electron chi connectivity index (χ0n) is 8.58. The summed E-state index contributed by atoms with van der Waals surface area (Å²) in [5.74, 6) is 0. The number of fused-ring (bicyclic) bond motifs is 1. The fourth-order valence-corrected chi connectivity index (χ4v) is 2.22. The number of benzene rings is 2. The molecule has 2 aromatic carbocycles. The van der Waals surface area contributed by atoms with Crippen molar-refractivity contribution in [2.45, 2.75) is 4.90 Å². The summed E-state index contributed by atoms with van der Waals surface area (Å²) in [5, 5.41) is 22.6. The number of nitro benzene ring substituents is 1. The first-order valence-corrected chi connectivity index (χ1v) is 5.48. The second-order valence-corrected chi connectivity index (χ2v) is 4.13. The molecule has 0 aliphatic rings. The van der Waals surface area contributed by atoms with Gasteiger partial charge in [-0.1, -0.05) is 12.1 Å². The molecule has 5 nitrogen and oxygen atoms in total. The Morgan fingerprint density at radius 1 is 1.35 bits per heavy atom. The first-order chi connectivity index (χ1) is 8.15. The summed E-state index contributed by atoms with van der Waals surface area (Å²) in [5.41, 5.74) is 6.20. The van der Waals surface area contributed by atoms with Crippen molar-refractivity contribution >= 4 is 33.9 Å². The first kappa shape index (κ1) is 11.2. The van der Waals surface area contributed by atoms with Crippen LogP contribution in [0.4, 0.5) is 11.4 Å². The zero-order valence-corrected chi connectivity index (χ0v) is 9.40. The van der Waals surface area contributed by atoms with E-state index in [2.05, 4.69) is 0 Å². The predicted octanol–water partition coefficient (Wildman–Crippen LogP) is 2.90. The molecule has 0 amide bonds. The van der Waals surface area contributed by atoms with Gasteiger partial charge in [0.15, 0.2) is 0 Å². The van der Waals surface area contributed by atoms with E-state index in [9.17, 15) is 10.1 Å². The molecule has 0 bridgehead atoms. The van der Waals surface area contributed by atoms with E-state index in [0.29, 0.717) is 21.4 Å². The fraction of sp³-hybridized carbons (Fsp3) is 0. The van der Waals surface area contributed by atoms with E-state index in [1.54, 1.807) is 24.3 Å². The summed E-state index contributed by atoms with van der Waals surface area (Å²) in [6.45, 7) is 0. The van der Waals surface area contributed by atoms with Gasteiger partial charge in [-0.05, 0) is 23.9 Å². The molecule has 0 saturated carbocycles. The lowest BCUT2D eigenvalue weighted by Gasteiger charge is -2.06. The maximum Gasteiger partial charge on any atom is 0.278 e. The Balaban J connectivity index is 2.89. The third-order valence-electron chi connectivity index (χ3n) is 2.37. The van der Waals surface area contributed by atoms with Gasteiger partial charge < -0.3 is 5.73 Å². The molecule has 0 heterocycles. The monoisotopic (exact) mass is 245 g/mol. The van der Waals surface area contributed by atoms with E-state index in [0.717, 1.165) is 11.8 Å². The van der Waals surface area contributed by atoms with Crippen LogP contribution in [-0.2, 0) is 0 Å². The van der Waals surface area contributed by atoms with E-state index in [4.69, 9.17) is 11.0 Å². The van der Waals surface area contributed by atoms with E-state index in [1.165, 1.54) is 6.07 Å². The van der Waals surface area contributed by atoms with Crippen molar-refractivity contribution in [3.8, 4) is 5.40 Å². The van der Waals surface area contributed by atoms with Crippen LogP contribution in [0.25, 0.3) is 10.8 Å². The molecule has 0 aliphatic heterocycles. The van der Waals surface area contributed by atoms with Crippen LogP contribution in [0.15, 0.2) is 35.2 Å². The average Bonchev–Trinajstić information content (AvgIpc) is 2.32. The van der Waals surface area contributed by atoms with Gasteiger partial charge in [0.05, 0.1) is 10.3 Å². The fourth-order valence-electron chi connectivity index (χ4n) is 1.66. The Bertz CT molecular complexity index is 649. The lowest BCUT2D eigenvalue weighted by Crippen LogP contribution is -1.93. The van der Waals surface area contributed by atoms with Crippen LogP contribution in [0.1, 0.15) is 0 Å². The molecule has 0 spiro atoms. The quantitative estimate of drug-likeness (QED) is 0.288. The molecule has 0 unspecified atom stereocenters. The zero-order chi connectivity index (χ0) is 12.4. The second-order valence-electron chi connectivity index (χ2n) is 3.30. The number of hydrogen-bond donors (Lipinski definition) is 1. The van der Waals surface area contributed by atoms with Gasteiger partial charge in [0, 0.05) is 22.0 Å². The highest BCUT2D eigenvalue weighted by Crippen LogP contribution is 2.36. The largest absolute Gasteiger partial charge is 0.398 e. The molecule has 0 saturated heterocycles. The molecule has 6 heteroatoms. The van der Waals surface area contributed by atoms with Gasteiger partial charge in [-0.15, -0.1) is 0 Å². The van der Waals surface area contributed by atoms with Crippen LogP contribution >= 0.6 is 11.8 Å². The van der Waals surface area contributed by atoms with E-state index < -0.39 is 4.92 Å². The van der Waals surface area contributed by atoms with E-state index >= 15 is 0 Å². The lowest BCUT2D eigenvalue weighted by molar-refractivity contribution is -0.383. The minimum atomic E-state index is -0.469. The number of anilines is 1. The van der Waals surface area contributed by atoms with Crippen LogP contribution in [0.3, 0.4) is 0 Å². The number of hydrogen-bond acceptors (Lipinski definition) is 5. The number of nitrogens with zero attached hydrogens (tertiary/aromatic N) is 2. The minimum absolute atomic E-state index is 0.0347. The molecule has 2 N–H and O–H groups in total. The van der Waals surface area contributed by atoms with Crippen LogP contribution in [0, 0.1) is 20.8 Å². The molecule has 0 radical (unpaired) electrons. The maximum absolute atomic E-state index is 11.0. The van der Waals surface area contributed by atoms with E-state index in [1.807, 2.05) is 5.40 Å². The number of nitro groups is 1. The average molecular weight is 245 g/mol. The number of nitrogens with two attached hydrogens (primary N) is 1. The van der Waals surface area contributed by atoms with Gasteiger partial charge in [-0.25, -0.2) is 0 Å². The van der Waals surface area contributed by atoms with E-state index in [-0.39, 0.29) is 5.69 Å². The summed E-state index contributed by atoms with van der Waals surface area (Å²) < 4.78 is 0. The van der Waals surface area contributed by atoms with Gasteiger partial charge in [0.1, 0.15) is 5.40 Å². The highest BCUT2D eigenvalue weighted by Gasteiger charge is 2.16. The third kappa shape index (κ3) is 1.88. The summed E-state index contributed by atoms with van der Waals surface area (Å²) in [6.07, 6.45) is 0. The molecule has 0 atom stereocenters. The highest BCUT2D eigenvalue weighted by molar-refractivity contribution is 8.04. The first-order valence-electron chi connectivity index (χ1n) is 4.66. The Morgan fingerprint density at radius 2 is 2.12 bits per heavy atom. The number of nitrogen functional groups attached to an aromatic ring is 1. The number of nitriles is 1. The predicted molar refractivity (Wildman–Crippen MR) is 66.5 cm³/mol. The smallest absolute Gasteiger partial charge is 0.278 e. The normalized spacial score (nSPS) is 10.1. The van der Waals surface area contributed by atoms with Crippen molar-refractivity contribution in [2.75, 3.05) is 5.73 Å². The van der Waals surface area contributed by atoms with Crippen molar-refractivity contribution in [1.29, 1.82) is 5.26 Å². The lowest BCUT2D eigenvalue weighted by atomic mass is 10.1. The molecule has 84 valence electrons. The van der Waals surface area contributed by atoms with Crippen molar-refractivity contribution in [3.05, 3.63) is 40.4 Å². The van der Waals surface area contributed by atoms with Crippen molar-refractivity contribution < 1.29 is 4.92 Å². The van der Waals surface area contributed by atoms with Gasteiger partial charge in [0.2, 0.25) is 0 Å². The topological polar surface area (TPSA) is 93.0 Å². The van der Waals surface area contributed by atoms with Crippen molar-refractivity contribution in [2.24, 2.45) is 0 Å². The van der Waals surface area contributed by atoms with Crippen LogP contribution in [0.2, 0.25) is 0 Å². The van der Waals surface area contributed by atoms with Crippen molar-refractivity contribution in [1.82, 2.24) is 0 Å². The Kier molecular flexibility index (Phi) is 2.85. The standard InChI is InChI=1S/C11H7N3O2S/c12-6-17-10-5-4-8(13)7-2-1-3-9(11(7)10)14(15)16/h1-5H,13H2. The summed E-state index contributed by atoms with van der Waals surface area (Å²) in [6, 6.07) is 7.96. The molecular formula is C11H7N3O2S. The number of rotatable bonds is 2. The maximum atomic E-state index is 11.0. The molecule has 0 aliphatic carbocycles. The van der Waals surface area contributed by atoms with Crippen LogP contribution in [-0.4, -0.2) is 4.92 Å². The number of non-ortho nitro benzene ring substituents is 1. The van der Waals surface area contributed by atoms with Gasteiger partial charge in [-0.3, -0.25) is 10.1 Å². The summed E-state index contributed by atoms with van der Waals surface area (Å²) in [7, 11) is 0. The van der Waals surface area contributed by atoms with Gasteiger partial charge >= 0.3 is 0 Å². The Hall–Kier alpha value is -2.26. The number of thiocyanates is 1. The minimum Gasteiger partial charge on any atom is -0.398 e. The van der Waals surface area contributed by atoms with Crippen molar-refractivity contribution in [3.63, 3.8) is 0 Å². The van der Waals surface area contributed by atoms with Crippen LogP contribution < -0.4 is 5.73 Å². The second kappa shape index (κ2) is 4.31. The molecule has 2 rings (SSSR count). The van der Waals surface area contributed by atoms with Gasteiger partial charge in [0.25, 0.3) is 5.69 Å². The van der Waals surface area contributed by atoms with Crippen LogP contribution in [0.5, 0.6) is 0 Å². The molecule has 0 fully saturated rings. The molecule has 17 heavy (non-hydrogen) atoms.